The molecule has 0 saturated heterocycles. The van der Waals surface area contributed by atoms with Crippen molar-refractivity contribution < 1.29 is 27.8 Å². The van der Waals surface area contributed by atoms with Crippen molar-refractivity contribution in [3.8, 4) is 5.75 Å². The number of hydrogen-bond donors (Lipinski definition) is 2. The van der Waals surface area contributed by atoms with Crippen LogP contribution in [-0.2, 0) is 21.3 Å². The summed E-state index contributed by atoms with van der Waals surface area (Å²) >= 11 is 18.3. The molecule has 4 rings (SSSR count). The average Bonchev–Trinajstić information content (AvgIpc) is 3.04. The highest BCUT2D eigenvalue weighted by molar-refractivity contribution is 7.92. The predicted molar refractivity (Wildman–Crippen MR) is 192 cm³/mol. The van der Waals surface area contributed by atoms with Gasteiger partial charge in [0.05, 0.1) is 45.4 Å². The van der Waals surface area contributed by atoms with E-state index in [9.17, 15) is 18.3 Å². The number of benzene rings is 3. The summed E-state index contributed by atoms with van der Waals surface area (Å²) in [4.78, 5) is 18.2. The number of hydrogen-bond acceptors (Lipinski definition) is 7. The second-order valence-electron chi connectivity index (χ2n) is 12.5. The Bertz CT molecular complexity index is 1640. The van der Waals surface area contributed by atoms with Crippen molar-refractivity contribution in [2.24, 2.45) is 5.92 Å². The minimum absolute atomic E-state index is 0.0303. The number of nitrogens with zero attached hydrogens (tertiary/aromatic N) is 2. The van der Waals surface area contributed by atoms with Crippen molar-refractivity contribution in [3.63, 3.8) is 0 Å². The van der Waals surface area contributed by atoms with E-state index in [1.54, 1.807) is 30.0 Å². The summed E-state index contributed by atoms with van der Waals surface area (Å²) in [5, 5.41) is 11.6. The monoisotopic (exact) mass is 739 g/mol. The number of nitrogens with one attached hydrogen (secondary N) is 1. The molecule has 1 aliphatic rings. The van der Waals surface area contributed by atoms with E-state index >= 15 is 0 Å². The number of sulfonamides is 1. The third kappa shape index (κ3) is 10.5. The molecule has 262 valence electrons. The Morgan fingerprint density at radius 1 is 1.02 bits per heavy atom. The zero-order chi connectivity index (χ0) is 35.0. The number of amides is 1. The quantitative estimate of drug-likeness (QED) is 0.236. The van der Waals surface area contributed by atoms with Crippen LogP contribution in [0.25, 0.3) is 0 Å². The molecule has 0 aromatic heterocycles. The highest BCUT2D eigenvalue weighted by Crippen LogP contribution is 2.30. The van der Waals surface area contributed by atoms with E-state index in [1.165, 1.54) is 30.3 Å². The van der Waals surface area contributed by atoms with Crippen LogP contribution in [0.5, 0.6) is 5.75 Å². The maximum absolute atomic E-state index is 14.4. The fourth-order valence-electron chi connectivity index (χ4n) is 5.60. The Morgan fingerprint density at radius 2 is 1.75 bits per heavy atom. The SMILES string of the molecule is C[C@@H]1CN([C@H](C)CO)C(=O)c2cc(NS(=O)(=O)c3ccc(Cl)cc3)ccc2O[C@@H](C)CCCCO[C@@H]1CN(C)Cc1ccc(Cl)c(Cl)c1. The van der Waals surface area contributed by atoms with Gasteiger partial charge in [0.2, 0.25) is 0 Å². The number of halogens is 3. The highest BCUT2D eigenvalue weighted by Gasteiger charge is 2.31. The van der Waals surface area contributed by atoms with Gasteiger partial charge in [-0.1, -0.05) is 47.8 Å². The third-order valence-corrected chi connectivity index (χ3v) is 10.7. The minimum Gasteiger partial charge on any atom is -0.490 e. The highest BCUT2D eigenvalue weighted by atomic mass is 35.5. The topological polar surface area (TPSA) is 108 Å². The molecule has 0 fully saturated rings. The molecule has 0 spiro atoms. The number of anilines is 1. The summed E-state index contributed by atoms with van der Waals surface area (Å²) in [7, 11) is -1.97. The first-order chi connectivity index (χ1) is 22.8. The van der Waals surface area contributed by atoms with Crippen LogP contribution in [0.2, 0.25) is 15.1 Å². The minimum atomic E-state index is -3.97. The number of likely N-dealkylation sites (N-methyl/N-ethyl adjacent to an activating group) is 1. The molecule has 0 bridgehead atoms. The molecule has 3 aromatic carbocycles. The largest absolute Gasteiger partial charge is 0.490 e. The maximum Gasteiger partial charge on any atom is 0.261 e. The standard InChI is InChI=1S/C35H44Cl3N3O6S/c1-23-19-41(24(2)22-42)35(43)30-18-28(39-48(44,45)29-12-9-27(36)10-13-29)11-15-33(30)47-25(3)7-5-6-16-46-34(23)21-40(4)20-26-8-14-31(37)32(38)17-26/h8-15,17-18,23-25,34,39,42H,5-7,16,19-22H2,1-4H3/t23-,24-,25+,34-/m1/s1. The lowest BCUT2D eigenvalue weighted by atomic mass is 10.0. The number of carbonyl (C=O) groups is 1. The summed E-state index contributed by atoms with van der Waals surface area (Å²) in [6.07, 6.45) is 1.98. The number of carbonyl (C=O) groups excluding carboxylic acids is 1. The Labute approximate surface area is 299 Å². The molecule has 3 aromatic rings. The third-order valence-electron chi connectivity index (χ3n) is 8.36. The summed E-state index contributed by atoms with van der Waals surface area (Å²) in [6, 6.07) is 15.5. The molecule has 13 heteroatoms. The molecular weight excluding hydrogens is 697 g/mol. The van der Waals surface area contributed by atoms with Crippen molar-refractivity contribution in [1.29, 1.82) is 0 Å². The molecule has 9 nitrogen and oxygen atoms in total. The Kier molecular flexibility index (Phi) is 13.8. The molecule has 1 aliphatic heterocycles. The second-order valence-corrected chi connectivity index (χ2v) is 15.4. The predicted octanol–water partition coefficient (Wildman–Crippen LogP) is 7.38. The number of fused-ring (bicyclic) bond motifs is 1. The van der Waals surface area contributed by atoms with Crippen LogP contribution in [0, 0.1) is 5.92 Å². The number of aliphatic hydroxyl groups excluding tert-OH is 1. The lowest BCUT2D eigenvalue weighted by molar-refractivity contribution is -0.0177. The van der Waals surface area contributed by atoms with Crippen LogP contribution in [-0.4, -0.2) is 80.8 Å². The van der Waals surface area contributed by atoms with Gasteiger partial charge >= 0.3 is 0 Å². The van der Waals surface area contributed by atoms with E-state index in [-0.39, 0.29) is 47.4 Å². The summed E-state index contributed by atoms with van der Waals surface area (Å²) < 4.78 is 41.7. The van der Waals surface area contributed by atoms with Gasteiger partial charge in [0.1, 0.15) is 5.75 Å². The van der Waals surface area contributed by atoms with Crippen molar-refractivity contribution in [2.45, 2.75) is 69.7 Å². The van der Waals surface area contributed by atoms with E-state index in [4.69, 9.17) is 44.3 Å². The summed E-state index contributed by atoms with van der Waals surface area (Å²) in [5.74, 6) is -0.175. The van der Waals surface area contributed by atoms with Crippen LogP contribution < -0.4 is 9.46 Å². The average molecular weight is 741 g/mol. The van der Waals surface area contributed by atoms with Crippen molar-refractivity contribution in [2.75, 3.05) is 38.1 Å². The van der Waals surface area contributed by atoms with E-state index < -0.39 is 22.0 Å². The molecule has 1 heterocycles. The smallest absolute Gasteiger partial charge is 0.261 e. The van der Waals surface area contributed by atoms with E-state index in [1.807, 2.05) is 33.0 Å². The molecule has 2 N–H and O–H groups in total. The molecule has 0 unspecified atom stereocenters. The van der Waals surface area contributed by atoms with Gasteiger partial charge in [0, 0.05) is 42.9 Å². The van der Waals surface area contributed by atoms with Crippen molar-refractivity contribution >= 4 is 56.4 Å². The van der Waals surface area contributed by atoms with Gasteiger partial charge in [-0.25, -0.2) is 8.42 Å². The van der Waals surface area contributed by atoms with Crippen molar-refractivity contribution in [3.05, 3.63) is 86.9 Å². The lowest BCUT2D eigenvalue weighted by Crippen LogP contribution is -2.47. The molecule has 48 heavy (non-hydrogen) atoms. The lowest BCUT2D eigenvalue weighted by Gasteiger charge is -2.36. The van der Waals surface area contributed by atoms with Gasteiger partial charge in [-0.05, 0) is 100 Å². The zero-order valence-corrected chi connectivity index (χ0v) is 30.7. The molecule has 0 saturated carbocycles. The maximum atomic E-state index is 14.4. The van der Waals surface area contributed by atoms with E-state index in [0.29, 0.717) is 40.5 Å². The van der Waals surface area contributed by atoms with E-state index in [0.717, 1.165) is 24.8 Å². The molecule has 0 radical (unpaired) electrons. The molecule has 1 amide bonds. The Hall–Kier alpha value is -2.57. The van der Waals surface area contributed by atoms with Gasteiger partial charge < -0.3 is 19.5 Å². The molecular formula is C35H44Cl3N3O6S. The summed E-state index contributed by atoms with van der Waals surface area (Å²) in [5.41, 5.74) is 1.40. The number of ether oxygens (including phenoxy) is 2. The first kappa shape index (κ1) is 38.2. The zero-order valence-electron chi connectivity index (χ0n) is 27.7. The van der Waals surface area contributed by atoms with Crippen LogP contribution in [0.4, 0.5) is 5.69 Å². The fraction of sp³-hybridized carbons (Fsp3) is 0.457. The first-order valence-electron chi connectivity index (χ1n) is 16.0. The normalized spacial score (nSPS) is 20.5. The second kappa shape index (κ2) is 17.4. The molecule has 4 atom stereocenters. The Balaban J connectivity index is 1.63. The first-order valence-corrected chi connectivity index (χ1v) is 18.6. The summed E-state index contributed by atoms with van der Waals surface area (Å²) in [6.45, 7) is 7.52. The van der Waals surface area contributed by atoms with Crippen LogP contribution >= 0.6 is 34.8 Å². The van der Waals surface area contributed by atoms with E-state index in [2.05, 4.69) is 9.62 Å². The number of rotatable bonds is 9. The van der Waals surface area contributed by atoms with Crippen LogP contribution in [0.1, 0.15) is 56.0 Å². The fourth-order valence-corrected chi connectivity index (χ4v) is 7.09. The number of aliphatic hydroxyl groups is 1. The van der Waals surface area contributed by atoms with Gasteiger partial charge in [-0.3, -0.25) is 14.4 Å². The van der Waals surface area contributed by atoms with Gasteiger partial charge in [-0.15, -0.1) is 0 Å². The van der Waals surface area contributed by atoms with Gasteiger partial charge in [0.15, 0.2) is 0 Å². The van der Waals surface area contributed by atoms with Gasteiger partial charge in [0.25, 0.3) is 15.9 Å². The van der Waals surface area contributed by atoms with Gasteiger partial charge in [-0.2, -0.15) is 0 Å². The van der Waals surface area contributed by atoms with Crippen molar-refractivity contribution in [1.82, 2.24) is 9.80 Å². The Morgan fingerprint density at radius 3 is 2.44 bits per heavy atom. The van der Waals surface area contributed by atoms with Crippen LogP contribution in [0.15, 0.2) is 65.6 Å². The molecule has 0 aliphatic carbocycles. The van der Waals surface area contributed by atoms with Crippen LogP contribution in [0.3, 0.4) is 0 Å².